The molecular weight excluding hydrogens is 446 g/mol. The Balaban J connectivity index is 1.48. The molecule has 1 amide bonds. The Kier molecular flexibility index (Phi) is 7.65. The van der Waals surface area contributed by atoms with Crippen LogP contribution >= 0.6 is 0 Å². The number of ether oxygens (including phenoxy) is 3. The van der Waals surface area contributed by atoms with Gasteiger partial charge in [-0.15, -0.1) is 0 Å². The van der Waals surface area contributed by atoms with Gasteiger partial charge in [-0.1, -0.05) is 49.5 Å². The van der Waals surface area contributed by atoms with E-state index in [4.69, 9.17) is 14.2 Å². The number of anilines is 1. The van der Waals surface area contributed by atoms with Crippen LogP contribution in [0.1, 0.15) is 25.3 Å². The first kappa shape index (κ1) is 24.8. The van der Waals surface area contributed by atoms with E-state index in [1.54, 1.807) is 12.0 Å². The molecular formula is C27H37NO5Si. The molecule has 2 heterocycles. The molecule has 2 saturated heterocycles. The Morgan fingerprint density at radius 2 is 1.88 bits per heavy atom. The van der Waals surface area contributed by atoms with Gasteiger partial charge in [0.2, 0.25) is 0 Å². The van der Waals surface area contributed by atoms with E-state index in [1.165, 1.54) is 10.8 Å². The van der Waals surface area contributed by atoms with Gasteiger partial charge in [-0.05, 0) is 60.6 Å². The number of benzene rings is 2. The number of carbonyl (C=O) groups is 1. The number of rotatable bonds is 9. The maximum atomic E-state index is 11.9. The first-order valence-electron chi connectivity index (χ1n) is 12.3. The molecule has 6 nitrogen and oxygen atoms in total. The molecule has 2 aromatic rings. The summed E-state index contributed by atoms with van der Waals surface area (Å²) in [5.74, 6) is 1.27. The zero-order valence-corrected chi connectivity index (χ0v) is 21.7. The lowest BCUT2D eigenvalue weighted by Crippen LogP contribution is -2.50. The molecule has 0 aromatic heterocycles. The number of cyclic esters (lactones) is 1. The molecule has 2 aliphatic rings. The number of methoxy groups -OCH3 is 1. The summed E-state index contributed by atoms with van der Waals surface area (Å²) in [6.45, 7) is 8.34. The number of amides is 1. The fraction of sp³-hybridized carbons (Fsp3) is 0.519. The quantitative estimate of drug-likeness (QED) is 0.537. The van der Waals surface area contributed by atoms with Crippen molar-refractivity contribution < 1.29 is 24.1 Å². The molecule has 184 valence electrons. The average molecular weight is 484 g/mol. The van der Waals surface area contributed by atoms with Gasteiger partial charge in [0.05, 0.1) is 33.9 Å². The molecule has 2 aliphatic heterocycles. The molecule has 0 saturated carbocycles. The third-order valence-electron chi connectivity index (χ3n) is 7.68. The van der Waals surface area contributed by atoms with Gasteiger partial charge < -0.3 is 19.3 Å². The second-order valence-corrected chi connectivity index (χ2v) is 14.7. The third kappa shape index (κ3) is 5.02. The number of aliphatic hydroxyl groups excluding tert-OH is 1. The predicted molar refractivity (Wildman–Crippen MR) is 137 cm³/mol. The number of hydrogen-bond donors (Lipinski definition) is 1. The minimum Gasteiger partial charge on any atom is -0.497 e. The van der Waals surface area contributed by atoms with Crippen molar-refractivity contribution in [2.24, 2.45) is 5.92 Å². The van der Waals surface area contributed by atoms with Crippen molar-refractivity contribution in [1.82, 2.24) is 0 Å². The van der Waals surface area contributed by atoms with E-state index in [-0.39, 0.29) is 24.9 Å². The number of aryl methyl sites for hydroxylation is 1. The first-order valence-corrected chi connectivity index (χ1v) is 15.4. The Hall–Kier alpha value is -2.35. The second kappa shape index (κ2) is 10.5. The van der Waals surface area contributed by atoms with Crippen LogP contribution in [0.2, 0.25) is 18.6 Å². The Morgan fingerprint density at radius 1 is 1.12 bits per heavy atom. The van der Waals surface area contributed by atoms with Crippen LogP contribution in [0.25, 0.3) is 0 Å². The molecule has 34 heavy (non-hydrogen) atoms. The second-order valence-electron chi connectivity index (χ2n) is 10.0. The van der Waals surface area contributed by atoms with Crippen molar-refractivity contribution in [3.8, 4) is 5.75 Å². The highest BCUT2D eigenvalue weighted by Crippen LogP contribution is 2.46. The number of aliphatic hydroxyl groups is 1. The molecule has 0 radical (unpaired) electrons. The summed E-state index contributed by atoms with van der Waals surface area (Å²) in [4.78, 5) is 13.6. The molecule has 4 rings (SSSR count). The van der Waals surface area contributed by atoms with Crippen molar-refractivity contribution in [2.45, 2.75) is 57.0 Å². The van der Waals surface area contributed by atoms with E-state index in [1.807, 2.05) is 24.3 Å². The molecule has 0 unspecified atom stereocenters. The van der Waals surface area contributed by atoms with Crippen LogP contribution in [-0.2, 0) is 15.9 Å². The molecule has 2 aromatic carbocycles. The van der Waals surface area contributed by atoms with Gasteiger partial charge >= 0.3 is 6.09 Å². The van der Waals surface area contributed by atoms with Crippen molar-refractivity contribution in [3.63, 3.8) is 0 Å². The maximum Gasteiger partial charge on any atom is 0.414 e. The van der Waals surface area contributed by atoms with E-state index in [0.717, 1.165) is 24.3 Å². The van der Waals surface area contributed by atoms with Crippen LogP contribution in [-0.4, -0.2) is 58.3 Å². The van der Waals surface area contributed by atoms with Gasteiger partial charge in [0, 0.05) is 12.3 Å². The lowest BCUT2D eigenvalue weighted by atomic mass is 9.95. The van der Waals surface area contributed by atoms with Crippen LogP contribution in [0.15, 0.2) is 48.5 Å². The van der Waals surface area contributed by atoms with Gasteiger partial charge in [-0.25, -0.2) is 4.79 Å². The highest BCUT2D eigenvalue weighted by molar-refractivity contribution is 6.91. The van der Waals surface area contributed by atoms with Crippen molar-refractivity contribution >= 4 is 25.0 Å². The molecule has 0 spiro atoms. The normalized spacial score (nSPS) is 25.0. The topological polar surface area (TPSA) is 68.2 Å². The highest BCUT2D eigenvalue weighted by atomic mass is 28.3. The number of hydrogen-bond acceptors (Lipinski definition) is 5. The third-order valence-corrected chi connectivity index (χ3v) is 12.1. The minimum atomic E-state index is -1.88. The van der Waals surface area contributed by atoms with Gasteiger partial charge in [-0.2, -0.15) is 0 Å². The van der Waals surface area contributed by atoms with E-state index < -0.39 is 8.07 Å². The Morgan fingerprint density at radius 3 is 2.53 bits per heavy atom. The average Bonchev–Trinajstić information content (AvgIpc) is 3.41. The zero-order valence-electron chi connectivity index (χ0n) is 20.7. The van der Waals surface area contributed by atoms with Crippen LogP contribution in [0.4, 0.5) is 10.5 Å². The lowest BCUT2D eigenvalue weighted by molar-refractivity contribution is 0.0196. The van der Waals surface area contributed by atoms with Gasteiger partial charge in [0.1, 0.15) is 12.4 Å². The first-order chi connectivity index (χ1) is 16.3. The molecule has 0 bridgehead atoms. The monoisotopic (exact) mass is 483 g/mol. The zero-order chi connectivity index (χ0) is 24.3. The summed E-state index contributed by atoms with van der Waals surface area (Å²) in [7, 11) is -0.186. The summed E-state index contributed by atoms with van der Waals surface area (Å²) in [5, 5.41) is 11.2. The van der Waals surface area contributed by atoms with E-state index in [0.29, 0.717) is 31.0 Å². The van der Waals surface area contributed by atoms with Crippen molar-refractivity contribution in [2.75, 3.05) is 31.8 Å². The van der Waals surface area contributed by atoms with Crippen LogP contribution < -0.4 is 14.8 Å². The van der Waals surface area contributed by atoms with E-state index in [9.17, 15) is 9.90 Å². The summed E-state index contributed by atoms with van der Waals surface area (Å²) in [5.41, 5.74) is 2.51. The fourth-order valence-corrected chi connectivity index (χ4v) is 9.97. The van der Waals surface area contributed by atoms with Gasteiger partial charge in [0.25, 0.3) is 0 Å². The summed E-state index contributed by atoms with van der Waals surface area (Å²) >= 11 is 0. The van der Waals surface area contributed by atoms with Gasteiger partial charge in [0.15, 0.2) is 0 Å². The SMILES string of the molecule is COc1ccc([Si](C)(C)[C@@H]2[C@@H](C)[C@@H](CCc3cccc(N4CCOC4=O)c3)O[C@H]2CCO)cc1. The highest BCUT2D eigenvalue weighted by Gasteiger charge is 2.50. The summed E-state index contributed by atoms with van der Waals surface area (Å²) in [6, 6.07) is 16.7. The van der Waals surface area contributed by atoms with Crippen LogP contribution in [0.5, 0.6) is 5.75 Å². The number of nitrogens with zero attached hydrogens (tertiary/aromatic N) is 1. The largest absolute Gasteiger partial charge is 0.497 e. The summed E-state index contributed by atoms with van der Waals surface area (Å²) < 4.78 is 17.1. The molecule has 2 fully saturated rings. The van der Waals surface area contributed by atoms with Crippen LogP contribution in [0.3, 0.4) is 0 Å². The van der Waals surface area contributed by atoms with Crippen molar-refractivity contribution in [3.05, 3.63) is 54.1 Å². The lowest BCUT2D eigenvalue weighted by Gasteiger charge is -2.36. The standard InChI is InChI=1S/C27H37NO5Si/c1-19-24(13-8-20-6-5-7-21(18-20)28-15-17-32-27(28)30)33-25(14-16-29)26(19)34(3,4)23-11-9-22(31-2)10-12-23/h5-7,9-12,18-19,24-26,29H,8,13-17H2,1-4H3/t19-,24+,25-,26+/m0/s1. The smallest absolute Gasteiger partial charge is 0.414 e. The molecule has 0 aliphatic carbocycles. The van der Waals surface area contributed by atoms with E-state index >= 15 is 0 Å². The molecule has 7 heteroatoms. The fourth-order valence-electron chi connectivity index (χ4n) is 5.86. The van der Waals surface area contributed by atoms with E-state index in [2.05, 4.69) is 44.3 Å². The summed E-state index contributed by atoms with van der Waals surface area (Å²) in [6.07, 6.45) is 2.41. The predicted octanol–water partition coefficient (Wildman–Crippen LogP) is 4.36. The molecule has 4 atom stereocenters. The Labute approximate surface area is 203 Å². The van der Waals surface area contributed by atoms with Crippen LogP contribution in [0, 0.1) is 5.92 Å². The maximum absolute atomic E-state index is 11.9. The molecule has 1 N–H and O–H groups in total. The Bertz CT molecular complexity index is 979. The minimum absolute atomic E-state index is 0.0690. The van der Waals surface area contributed by atoms with Gasteiger partial charge in [-0.3, -0.25) is 4.90 Å². The number of carbonyl (C=O) groups excluding carboxylic acids is 1. The van der Waals surface area contributed by atoms with Crippen molar-refractivity contribution in [1.29, 1.82) is 0 Å².